The molecule has 4 aliphatic rings. The third-order valence-electron chi connectivity index (χ3n) is 10.9. The van der Waals surface area contributed by atoms with E-state index in [0.717, 1.165) is 19.3 Å². The molecule has 3 unspecified atom stereocenters. The van der Waals surface area contributed by atoms with Crippen LogP contribution in [-0.4, -0.2) is 9.13 Å². The van der Waals surface area contributed by atoms with Gasteiger partial charge in [-0.15, -0.1) is 0 Å². The predicted molar refractivity (Wildman–Crippen MR) is 205 cm³/mol. The zero-order chi connectivity index (χ0) is 31.6. The number of hydrogen-bond donors (Lipinski definition) is 0. The van der Waals surface area contributed by atoms with E-state index in [-0.39, 0.29) is 0 Å². The summed E-state index contributed by atoms with van der Waals surface area (Å²) in [6.45, 7) is 0. The van der Waals surface area contributed by atoms with Gasteiger partial charge in [-0.05, 0) is 84.5 Å². The van der Waals surface area contributed by atoms with Crippen LogP contribution < -0.4 is 0 Å². The minimum Gasteiger partial charge on any atom is -0.312 e. The van der Waals surface area contributed by atoms with E-state index in [0.29, 0.717) is 17.8 Å². The zero-order valence-electron chi connectivity index (χ0n) is 26.8. The molecule has 10 rings (SSSR count). The van der Waals surface area contributed by atoms with E-state index in [1.807, 2.05) is 0 Å². The summed E-state index contributed by atoms with van der Waals surface area (Å²) in [4.78, 5) is 0. The smallest absolute Gasteiger partial charge is 0.0538 e. The Labute approximate surface area is 281 Å². The average Bonchev–Trinajstić information content (AvgIpc) is 3.67. The van der Waals surface area contributed by atoms with Crippen LogP contribution in [0.1, 0.15) is 19.3 Å². The number of nitrogens with zero attached hydrogens (tertiary/aromatic N) is 2. The molecule has 4 aliphatic carbocycles. The fourth-order valence-corrected chi connectivity index (χ4v) is 8.63. The van der Waals surface area contributed by atoms with Crippen LogP contribution in [0, 0.1) is 17.8 Å². The van der Waals surface area contributed by atoms with Gasteiger partial charge in [-0.3, -0.25) is 0 Å². The van der Waals surface area contributed by atoms with Crippen molar-refractivity contribution in [1.82, 2.24) is 9.13 Å². The molecular weight excluding hydrogens is 581 g/mol. The van der Waals surface area contributed by atoms with Gasteiger partial charge in [-0.25, -0.2) is 0 Å². The van der Waals surface area contributed by atoms with Crippen molar-refractivity contribution in [2.45, 2.75) is 19.3 Å². The third kappa shape index (κ3) is 4.19. The normalized spacial score (nSPS) is 21.7. The highest BCUT2D eigenvalue weighted by Gasteiger charge is 2.27. The van der Waals surface area contributed by atoms with Gasteiger partial charge in [0.15, 0.2) is 0 Å². The van der Waals surface area contributed by atoms with Crippen molar-refractivity contribution in [3.63, 3.8) is 0 Å². The Balaban J connectivity index is 1.13. The van der Waals surface area contributed by atoms with Gasteiger partial charge in [0.1, 0.15) is 0 Å². The first-order valence-corrected chi connectivity index (χ1v) is 17.4. The Hall–Kier alpha value is -5.60. The van der Waals surface area contributed by atoms with E-state index in [4.69, 9.17) is 0 Å². The maximum absolute atomic E-state index is 2.53. The molecule has 0 saturated carbocycles. The summed E-state index contributed by atoms with van der Waals surface area (Å²) in [5, 5.41) is 5.19. The summed E-state index contributed by atoms with van der Waals surface area (Å²) in [7, 11) is 0. The summed E-state index contributed by atoms with van der Waals surface area (Å²) in [6, 6.07) is 32.0. The number of allylic oxidation sites excluding steroid dienone is 16. The number of fused-ring (bicyclic) bond motifs is 7. The van der Waals surface area contributed by atoms with Crippen LogP contribution in [0.25, 0.3) is 66.1 Å². The fraction of sp³-hybridized carbons (Fsp3) is 0.130. The first-order valence-electron chi connectivity index (χ1n) is 17.4. The SMILES string of the molecule is C1=CCC(C2=CCCC=C2)C(n2c3ccccc3c3cc(-c4ccc5c(c4)c4ccccc4n5C4=CC=CC5C=CC=CC45)ccc32)=C1. The molecule has 48 heavy (non-hydrogen) atoms. The molecule has 0 aliphatic heterocycles. The van der Waals surface area contributed by atoms with E-state index in [2.05, 4.69) is 173 Å². The van der Waals surface area contributed by atoms with Gasteiger partial charge < -0.3 is 9.13 Å². The van der Waals surface area contributed by atoms with Crippen LogP contribution in [0.5, 0.6) is 0 Å². The fourth-order valence-electron chi connectivity index (χ4n) is 8.63. The number of benzene rings is 4. The minimum absolute atomic E-state index is 0.332. The van der Waals surface area contributed by atoms with Gasteiger partial charge in [0.2, 0.25) is 0 Å². The van der Waals surface area contributed by atoms with Crippen molar-refractivity contribution >= 4 is 55.0 Å². The predicted octanol–water partition coefficient (Wildman–Crippen LogP) is 12.0. The molecule has 0 N–H and O–H groups in total. The second-order valence-electron chi connectivity index (χ2n) is 13.5. The second kappa shape index (κ2) is 11.0. The minimum atomic E-state index is 0.332. The van der Waals surface area contributed by atoms with Crippen LogP contribution >= 0.6 is 0 Å². The molecule has 0 amide bonds. The molecule has 0 saturated heterocycles. The van der Waals surface area contributed by atoms with E-state index in [1.54, 1.807) is 0 Å². The lowest BCUT2D eigenvalue weighted by Gasteiger charge is -2.28. The van der Waals surface area contributed by atoms with Crippen LogP contribution in [-0.2, 0) is 0 Å². The van der Waals surface area contributed by atoms with Gasteiger partial charge in [-0.2, -0.15) is 0 Å². The highest BCUT2D eigenvalue weighted by molar-refractivity contribution is 6.13. The molecule has 2 nitrogen and oxygen atoms in total. The summed E-state index contributed by atoms with van der Waals surface area (Å²) < 4.78 is 5.02. The van der Waals surface area contributed by atoms with Crippen LogP contribution in [0.4, 0.5) is 0 Å². The lowest BCUT2D eigenvalue weighted by Crippen LogP contribution is -2.18. The Bertz CT molecular complexity index is 2550. The average molecular weight is 617 g/mol. The molecule has 0 radical (unpaired) electrons. The number of rotatable bonds is 4. The summed E-state index contributed by atoms with van der Waals surface area (Å²) in [5.41, 5.74) is 11.7. The Morgan fingerprint density at radius 3 is 1.85 bits per heavy atom. The molecular formula is C46H36N2. The number of hydrogen-bond acceptors (Lipinski definition) is 0. The van der Waals surface area contributed by atoms with Gasteiger partial charge in [0.05, 0.1) is 22.1 Å². The lowest BCUT2D eigenvalue weighted by molar-refractivity contribution is 0.655. The van der Waals surface area contributed by atoms with Crippen molar-refractivity contribution in [3.8, 4) is 11.1 Å². The van der Waals surface area contributed by atoms with Crippen molar-refractivity contribution in [3.05, 3.63) is 169 Å². The highest BCUT2D eigenvalue weighted by atomic mass is 15.0. The maximum atomic E-state index is 2.53. The largest absolute Gasteiger partial charge is 0.312 e. The summed E-state index contributed by atoms with van der Waals surface area (Å²) in [6.07, 6.45) is 33.2. The molecule has 4 aromatic carbocycles. The topological polar surface area (TPSA) is 9.86 Å². The van der Waals surface area contributed by atoms with Crippen molar-refractivity contribution in [2.24, 2.45) is 17.8 Å². The van der Waals surface area contributed by atoms with E-state index in [1.165, 1.54) is 71.7 Å². The van der Waals surface area contributed by atoms with E-state index in [9.17, 15) is 0 Å². The number of para-hydroxylation sites is 2. The Kier molecular flexibility index (Phi) is 6.30. The van der Waals surface area contributed by atoms with Gasteiger partial charge in [0.25, 0.3) is 0 Å². The van der Waals surface area contributed by atoms with Crippen LogP contribution in [0.2, 0.25) is 0 Å². The second-order valence-corrected chi connectivity index (χ2v) is 13.5. The first kappa shape index (κ1) is 27.5. The van der Waals surface area contributed by atoms with Gasteiger partial charge >= 0.3 is 0 Å². The molecule has 0 fully saturated rings. The lowest BCUT2D eigenvalue weighted by atomic mass is 9.82. The van der Waals surface area contributed by atoms with Crippen LogP contribution in [0.3, 0.4) is 0 Å². The van der Waals surface area contributed by atoms with Gasteiger partial charge in [0, 0.05) is 50.7 Å². The molecule has 0 spiro atoms. The Morgan fingerprint density at radius 1 is 0.521 bits per heavy atom. The molecule has 230 valence electrons. The van der Waals surface area contributed by atoms with E-state index < -0.39 is 0 Å². The van der Waals surface area contributed by atoms with Crippen molar-refractivity contribution < 1.29 is 0 Å². The quantitative estimate of drug-likeness (QED) is 0.186. The summed E-state index contributed by atoms with van der Waals surface area (Å²) in [5.74, 6) is 1.08. The molecule has 2 aromatic heterocycles. The molecule has 2 heterocycles. The van der Waals surface area contributed by atoms with E-state index >= 15 is 0 Å². The molecule has 6 aromatic rings. The first-order chi connectivity index (χ1) is 23.8. The highest BCUT2D eigenvalue weighted by Crippen LogP contribution is 2.43. The third-order valence-corrected chi connectivity index (χ3v) is 10.9. The molecule has 2 heteroatoms. The van der Waals surface area contributed by atoms with Gasteiger partial charge in [-0.1, -0.05) is 115 Å². The standard InChI is InChI=1S/C46H36N2/c1-2-13-31(14-3-1)35-18-6-9-21-41(35)47-43-22-10-7-19-37(43)39-29-33(25-27-45(39)47)34-26-28-46-40(30-34)38-20-8-11-23-44(38)48(46)42-24-12-16-32-15-4-5-17-36(32)42/h2,4-17,19-30,32,35-36H,1,3,18H2. The Morgan fingerprint density at radius 2 is 1.15 bits per heavy atom. The van der Waals surface area contributed by atoms with Crippen molar-refractivity contribution in [2.75, 3.05) is 0 Å². The monoisotopic (exact) mass is 616 g/mol. The summed E-state index contributed by atoms with van der Waals surface area (Å²) >= 11 is 0. The molecule has 0 bridgehead atoms. The molecule has 3 atom stereocenters. The van der Waals surface area contributed by atoms with Crippen molar-refractivity contribution in [1.29, 1.82) is 0 Å². The van der Waals surface area contributed by atoms with Crippen LogP contribution in [0.15, 0.2) is 169 Å². The number of aromatic nitrogens is 2. The maximum Gasteiger partial charge on any atom is 0.0538 e. The zero-order valence-corrected chi connectivity index (χ0v) is 26.8.